The van der Waals surface area contributed by atoms with Crippen LogP contribution >= 0.6 is 11.3 Å². The van der Waals surface area contributed by atoms with Gasteiger partial charge in [-0.2, -0.15) is 0 Å². The molecule has 0 aromatic carbocycles. The first-order valence-corrected chi connectivity index (χ1v) is 4.65. The van der Waals surface area contributed by atoms with E-state index in [2.05, 4.69) is 9.97 Å². The molecule has 2 rings (SSSR count). The van der Waals surface area contributed by atoms with Crippen LogP contribution in [0.1, 0.15) is 5.69 Å². The van der Waals surface area contributed by atoms with Crippen molar-refractivity contribution in [3.63, 3.8) is 0 Å². The van der Waals surface area contributed by atoms with Crippen LogP contribution in [0.5, 0.6) is 5.19 Å². The number of fused-ring (bicyclic) bond motifs is 1. The maximum absolute atomic E-state index is 5.54. The minimum Gasteiger partial charge on any atom is -0.473 e. The van der Waals surface area contributed by atoms with Crippen molar-refractivity contribution in [1.29, 1.82) is 0 Å². The maximum atomic E-state index is 5.54. The number of rotatable bonds is 2. The zero-order valence-corrected chi connectivity index (χ0v) is 7.97. The minimum absolute atomic E-state index is 0.433. The molecule has 2 aromatic heterocycles. The third kappa shape index (κ3) is 1.36. The highest BCUT2D eigenvalue weighted by atomic mass is 32.1. The van der Waals surface area contributed by atoms with Crippen molar-refractivity contribution in [3.05, 3.63) is 18.0 Å². The van der Waals surface area contributed by atoms with Gasteiger partial charge in [0, 0.05) is 12.7 Å². The van der Waals surface area contributed by atoms with E-state index < -0.39 is 0 Å². The Labute approximate surface area is 79.4 Å². The molecule has 0 unspecified atom stereocenters. The van der Waals surface area contributed by atoms with E-state index in [1.54, 1.807) is 13.3 Å². The molecule has 0 aliphatic carbocycles. The Kier molecular flexibility index (Phi) is 2.12. The van der Waals surface area contributed by atoms with Gasteiger partial charge in [0.05, 0.1) is 23.0 Å². The molecule has 2 heterocycles. The highest BCUT2D eigenvalue weighted by Gasteiger charge is 2.07. The van der Waals surface area contributed by atoms with Gasteiger partial charge in [-0.05, 0) is 6.07 Å². The molecule has 13 heavy (non-hydrogen) atoms. The summed E-state index contributed by atoms with van der Waals surface area (Å²) in [5, 5.41) is 0.651. The van der Waals surface area contributed by atoms with Gasteiger partial charge in [-0.15, -0.1) is 0 Å². The van der Waals surface area contributed by atoms with Crippen LogP contribution in [0.25, 0.3) is 10.2 Å². The van der Waals surface area contributed by atoms with Gasteiger partial charge in [-0.25, -0.2) is 4.98 Å². The summed E-state index contributed by atoms with van der Waals surface area (Å²) in [4.78, 5) is 8.40. The molecular formula is C8H9N3OS. The average Bonchev–Trinajstić information content (AvgIpc) is 2.59. The summed E-state index contributed by atoms with van der Waals surface area (Å²) in [5.74, 6) is 0. The molecule has 0 fully saturated rings. The SMILES string of the molecule is COc1nc2ccnc(CN)c2s1. The number of hydrogen-bond acceptors (Lipinski definition) is 5. The minimum atomic E-state index is 0.433. The molecular weight excluding hydrogens is 186 g/mol. The second kappa shape index (κ2) is 3.27. The van der Waals surface area contributed by atoms with E-state index in [0.29, 0.717) is 11.7 Å². The molecule has 0 bridgehead atoms. The number of nitrogens with zero attached hydrogens (tertiary/aromatic N) is 2. The van der Waals surface area contributed by atoms with E-state index in [-0.39, 0.29) is 0 Å². The van der Waals surface area contributed by atoms with Crippen molar-refractivity contribution < 1.29 is 4.74 Å². The van der Waals surface area contributed by atoms with E-state index in [9.17, 15) is 0 Å². The van der Waals surface area contributed by atoms with Crippen molar-refractivity contribution in [1.82, 2.24) is 9.97 Å². The monoisotopic (exact) mass is 195 g/mol. The number of thiazole rings is 1. The number of nitrogens with two attached hydrogens (primary N) is 1. The highest BCUT2D eigenvalue weighted by molar-refractivity contribution is 7.20. The van der Waals surface area contributed by atoms with E-state index in [1.165, 1.54) is 11.3 Å². The van der Waals surface area contributed by atoms with Crippen LogP contribution in [0.15, 0.2) is 12.3 Å². The molecule has 0 aliphatic rings. The average molecular weight is 195 g/mol. The maximum Gasteiger partial charge on any atom is 0.274 e. The van der Waals surface area contributed by atoms with Crippen LogP contribution in [-0.2, 0) is 6.54 Å². The molecule has 5 heteroatoms. The molecule has 2 N–H and O–H groups in total. The standard InChI is InChI=1S/C8H9N3OS/c1-12-8-11-5-2-3-10-6(4-9)7(5)13-8/h2-3H,4,9H2,1H3. The normalized spacial score (nSPS) is 10.6. The van der Waals surface area contributed by atoms with Crippen LogP contribution in [0, 0.1) is 0 Å². The Balaban J connectivity index is 2.67. The lowest BCUT2D eigenvalue weighted by atomic mass is 10.3. The molecule has 0 atom stereocenters. The third-order valence-electron chi connectivity index (χ3n) is 1.73. The number of aromatic nitrogens is 2. The molecule has 0 aliphatic heterocycles. The van der Waals surface area contributed by atoms with Gasteiger partial charge in [0.25, 0.3) is 5.19 Å². The smallest absolute Gasteiger partial charge is 0.274 e. The Morgan fingerprint density at radius 3 is 3.15 bits per heavy atom. The summed E-state index contributed by atoms with van der Waals surface area (Å²) in [7, 11) is 1.60. The molecule has 0 saturated carbocycles. The summed E-state index contributed by atoms with van der Waals surface area (Å²) in [5.41, 5.74) is 7.32. The molecule has 0 spiro atoms. The Morgan fingerprint density at radius 2 is 2.46 bits per heavy atom. The number of hydrogen-bond donors (Lipinski definition) is 1. The zero-order valence-electron chi connectivity index (χ0n) is 7.15. The first-order chi connectivity index (χ1) is 6.35. The van der Waals surface area contributed by atoms with Crippen LogP contribution in [-0.4, -0.2) is 17.1 Å². The summed E-state index contributed by atoms with van der Waals surface area (Å²) in [6.07, 6.45) is 1.71. The summed E-state index contributed by atoms with van der Waals surface area (Å²) >= 11 is 1.47. The van der Waals surface area contributed by atoms with E-state index in [1.807, 2.05) is 6.07 Å². The predicted molar refractivity (Wildman–Crippen MR) is 51.9 cm³/mol. The lowest BCUT2D eigenvalue weighted by Gasteiger charge is -1.93. The largest absolute Gasteiger partial charge is 0.473 e. The van der Waals surface area contributed by atoms with Gasteiger partial charge >= 0.3 is 0 Å². The first kappa shape index (κ1) is 8.40. The lowest BCUT2D eigenvalue weighted by Crippen LogP contribution is -1.98. The van der Waals surface area contributed by atoms with Gasteiger partial charge in [0.2, 0.25) is 0 Å². The number of ether oxygens (including phenoxy) is 1. The fourth-order valence-corrected chi connectivity index (χ4v) is 1.99. The number of methoxy groups -OCH3 is 1. The van der Waals surface area contributed by atoms with Crippen LogP contribution in [0.4, 0.5) is 0 Å². The number of pyridine rings is 1. The Bertz CT molecular complexity index is 426. The van der Waals surface area contributed by atoms with Crippen molar-refractivity contribution in [3.8, 4) is 5.19 Å². The van der Waals surface area contributed by atoms with Crippen molar-refractivity contribution in [2.45, 2.75) is 6.54 Å². The molecule has 0 amide bonds. The van der Waals surface area contributed by atoms with Crippen LogP contribution in [0.3, 0.4) is 0 Å². The summed E-state index contributed by atoms with van der Waals surface area (Å²) in [6, 6.07) is 1.85. The molecule has 0 radical (unpaired) electrons. The Morgan fingerprint density at radius 1 is 1.62 bits per heavy atom. The van der Waals surface area contributed by atoms with Crippen molar-refractivity contribution in [2.75, 3.05) is 7.11 Å². The van der Waals surface area contributed by atoms with Crippen LogP contribution in [0.2, 0.25) is 0 Å². The third-order valence-corrected chi connectivity index (χ3v) is 2.81. The van der Waals surface area contributed by atoms with Gasteiger partial charge in [-0.1, -0.05) is 11.3 Å². The second-order valence-corrected chi connectivity index (χ2v) is 3.46. The van der Waals surface area contributed by atoms with E-state index in [0.717, 1.165) is 15.9 Å². The molecule has 0 saturated heterocycles. The fraction of sp³-hybridized carbons (Fsp3) is 0.250. The molecule has 4 nitrogen and oxygen atoms in total. The summed E-state index contributed by atoms with van der Waals surface area (Å²) < 4.78 is 6.05. The first-order valence-electron chi connectivity index (χ1n) is 3.83. The topological polar surface area (TPSA) is 61.0 Å². The predicted octanol–water partition coefficient (Wildman–Crippen LogP) is 1.16. The quantitative estimate of drug-likeness (QED) is 0.781. The highest BCUT2D eigenvalue weighted by Crippen LogP contribution is 2.28. The summed E-state index contributed by atoms with van der Waals surface area (Å²) in [6.45, 7) is 0.433. The molecule has 68 valence electrons. The second-order valence-electron chi connectivity index (χ2n) is 2.49. The van der Waals surface area contributed by atoms with Gasteiger partial charge < -0.3 is 10.5 Å². The lowest BCUT2D eigenvalue weighted by molar-refractivity contribution is 0.413. The van der Waals surface area contributed by atoms with Gasteiger partial charge in [0.15, 0.2) is 0 Å². The molecule has 2 aromatic rings. The van der Waals surface area contributed by atoms with Crippen molar-refractivity contribution in [2.24, 2.45) is 5.73 Å². The van der Waals surface area contributed by atoms with E-state index >= 15 is 0 Å². The van der Waals surface area contributed by atoms with Gasteiger partial charge in [-0.3, -0.25) is 4.98 Å². The van der Waals surface area contributed by atoms with Gasteiger partial charge in [0.1, 0.15) is 0 Å². The zero-order chi connectivity index (χ0) is 9.26. The van der Waals surface area contributed by atoms with Crippen molar-refractivity contribution >= 4 is 21.6 Å². The van der Waals surface area contributed by atoms with E-state index in [4.69, 9.17) is 10.5 Å². The fourth-order valence-electron chi connectivity index (χ4n) is 1.12. The Hall–Kier alpha value is -1.20. The van der Waals surface area contributed by atoms with Crippen LogP contribution < -0.4 is 10.5 Å².